The van der Waals surface area contributed by atoms with Gasteiger partial charge in [-0.15, -0.1) is 0 Å². The molecule has 0 aromatic heterocycles. The molecule has 0 amide bonds. The fourth-order valence-electron chi connectivity index (χ4n) is 2.08. The Balaban J connectivity index is 2.17. The summed E-state index contributed by atoms with van der Waals surface area (Å²) in [5.41, 5.74) is 1.43. The quantitative estimate of drug-likeness (QED) is 0.637. The smallest absolute Gasteiger partial charge is 0.275 e. The first-order valence-corrected chi connectivity index (χ1v) is 7.16. The lowest BCUT2D eigenvalue weighted by molar-refractivity contribution is -0.385. The molecule has 0 fully saturated rings. The zero-order chi connectivity index (χ0) is 15.4. The van der Waals surface area contributed by atoms with E-state index in [1.54, 1.807) is 12.1 Å². The van der Waals surface area contributed by atoms with Crippen LogP contribution in [0.5, 0.6) is 0 Å². The van der Waals surface area contributed by atoms with Crippen LogP contribution in [0.3, 0.4) is 0 Å². The van der Waals surface area contributed by atoms with Crippen molar-refractivity contribution in [2.45, 2.75) is 19.5 Å². The van der Waals surface area contributed by atoms with Gasteiger partial charge in [-0.1, -0.05) is 47.5 Å². The number of nitro groups is 1. The lowest BCUT2D eigenvalue weighted by Crippen LogP contribution is -2.19. The fourth-order valence-corrected chi connectivity index (χ4v) is 2.62. The van der Waals surface area contributed by atoms with Crippen molar-refractivity contribution in [2.75, 3.05) is 0 Å². The molecule has 21 heavy (non-hydrogen) atoms. The highest BCUT2D eigenvalue weighted by Gasteiger charge is 2.17. The first kappa shape index (κ1) is 15.8. The van der Waals surface area contributed by atoms with Gasteiger partial charge in [-0.3, -0.25) is 10.1 Å². The first-order valence-electron chi connectivity index (χ1n) is 6.40. The maximum atomic E-state index is 11.0. The molecule has 4 nitrogen and oxygen atoms in total. The van der Waals surface area contributed by atoms with E-state index < -0.39 is 4.92 Å². The summed E-state index contributed by atoms with van der Waals surface area (Å²) in [6.45, 7) is 2.24. The minimum absolute atomic E-state index is 0.0151. The number of hydrogen-bond acceptors (Lipinski definition) is 3. The lowest BCUT2D eigenvalue weighted by Gasteiger charge is -2.16. The number of halogens is 2. The molecule has 0 aliphatic carbocycles. The van der Waals surface area contributed by atoms with Crippen molar-refractivity contribution in [3.05, 3.63) is 73.8 Å². The minimum atomic E-state index is -0.428. The van der Waals surface area contributed by atoms with Crippen LogP contribution < -0.4 is 5.32 Å². The molecule has 6 heteroatoms. The van der Waals surface area contributed by atoms with Crippen molar-refractivity contribution in [3.63, 3.8) is 0 Å². The maximum Gasteiger partial charge on any atom is 0.275 e. The normalized spacial score (nSPS) is 12.1. The molecule has 0 spiro atoms. The topological polar surface area (TPSA) is 55.2 Å². The van der Waals surface area contributed by atoms with Gasteiger partial charge in [0.15, 0.2) is 0 Å². The summed E-state index contributed by atoms with van der Waals surface area (Å²) in [5, 5.41) is 15.3. The van der Waals surface area contributed by atoms with Crippen LogP contribution >= 0.6 is 23.2 Å². The molecule has 2 aromatic carbocycles. The predicted molar refractivity (Wildman–Crippen MR) is 84.8 cm³/mol. The van der Waals surface area contributed by atoms with Gasteiger partial charge in [0.1, 0.15) is 0 Å². The Morgan fingerprint density at radius 3 is 2.48 bits per heavy atom. The van der Waals surface area contributed by atoms with E-state index in [0.717, 1.165) is 5.56 Å². The summed E-state index contributed by atoms with van der Waals surface area (Å²) in [6, 6.07) is 12.1. The molecule has 0 saturated carbocycles. The van der Waals surface area contributed by atoms with Gasteiger partial charge in [0.2, 0.25) is 0 Å². The Morgan fingerprint density at radius 1 is 1.14 bits per heavy atom. The van der Waals surface area contributed by atoms with E-state index in [0.29, 0.717) is 22.2 Å². The number of rotatable bonds is 5. The third-order valence-corrected chi connectivity index (χ3v) is 3.95. The van der Waals surface area contributed by atoms with Crippen LogP contribution in [-0.2, 0) is 6.54 Å². The molecule has 1 atom stereocenters. The van der Waals surface area contributed by atoms with Crippen molar-refractivity contribution < 1.29 is 4.92 Å². The molecule has 0 bridgehead atoms. The number of nitro benzene ring substituents is 1. The monoisotopic (exact) mass is 324 g/mol. The third kappa shape index (κ3) is 3.73. The fraction of sp³-hybridized carbons (Fsp3) is 0.200. The van der Waals surface area contributed by atoms with Crippen LogP contribution in [-0.4, -0.2) is 4.92 Å². The molecule has 110 valence electrons. The van der Waals surface area contributed by atoms with Gasteiger partial charge >= 0.3 is 0 Å². The van der Waals surface area contributed by atoms with Gasteiger partial charge in [0, 0.05) is 23.7 Å². The van der Waals surface area contributed by atoms with Gasteiger partial charge in [0.05, 0.1) is 15.5 Å². The van der Waals surface area contributed by atoms with Gasteiger partial charge in [-0.2, -0.15) is 0 Å². The summed E-state index contributed by atoms with van der Waals surface area (Å²) in [5.74, 6) is 0. The first-order chi connectivity index (χ1) is 10.0. The molecule has 0 heterocycles. The Morgan fingerprint density at radius 2 is 1.81 bits per heavy atom. The van der Waals surface area contributed by atoms with Crippen LogP contribution in [0.4, 0.5) is 5.69 Å². The molecule has 0 aliphatic rings. The Hall–Kier alpha value is -1.62. The Bertz CT molecular complexity index is 662. The molecular formula is C15H14Cl2N2O2. The second kappa shape index (κ2) is 6.89. The van der Waals surface area contributed by atoms with Gasteiger partial charge in [0.25, 0.3) is 5.69 Å². The SMILES string of the molecule is C[C@@H](NCc1c(Cl)cccc1[N+](=O)[O-])c1ccccc1Cl. The zero-order valence-electron chi connectivity index (χ0n) is 11.3. The van der Waals surface area contributed by atoms with Crippen molar-refractivity contribution in [1.82, 2.24) is 5.32 Å². The van der Waals surface area contributed by atoms with Crippen LogP contribution in [0.15, 0.2) is 42.5 Å². The van der Waals surface area contributed by atoms with Crippen molar-refractivity contribution in [3.8, 4) is 0 Å². The van der Waals surface area contributed by atoms with Crippen LogP contribution in [0.1, 0.15) is 24.1 Å². The summed E-state index contributed by atoms with van der Waals surface area (Å²) in [4.78, 5) is 10.6. The summed E-state index contributed by atoms with van der Waals surface area (Å²) in [6.07, 6.45) is 0. The lowest BCUT2D eigenvalue weighted by atomic mass is 10.1. The van der Waals surface area contributed by atoms with Crippen LogP contribution in [0, 0.1) is 10.1 Å². The average Bonchev–Trinajstić information content (AvgIpc) is 2.45. The van der Waals surface area contributed by atoms with E-state index >= 15 is 0 Å². The molecular weight excluding hydrogens is 311 g/mol. The van der Waals surface area contributed by atoms with E-state index in [4.69, 9.17) is 23.2 Å². The largest absolute Gasteiger partial charge is 0.306 e. The summed E-state index contributed by atoms with van der Waals surface area (Å²) < 4.78 is 0. The Labute approximate surface area is 132 Å². The minimum Gasteiger partial charge on any atom is -0.306 e. The predicted octanol–water partition coefficient (Wildman–Crippen LogP) is 4.75. The summed E-state index contributed by atoms with van der Waals surface area (Å²) in [7, 11) is 0. The van der Waals surface area contributed by atoms with E-state index in [1.165, 1.54) is 6.07 Å². The number of nitrogens with zero attached hydrogens (tertiary/aromatic N) is 1. The van der Waals surface area contributed by atoms with Gasteiger partial charge in [-0.25, -0.2) is 0 Å². The number of benzene rings is 2. The van der Waals surface area contributed by atoms with Gasteiger partial charge < -0.3 is 5.32 Å². The molecule has 0 saturated heterocycles. The van der Waals surface area contributed by atoms with Crippen LogP contribution in [0.25, 0.3) is 0 Å². The number of hydrogen-bond donors (Lipinski definition) is 1. The van der Waals surface area contributed by atoms with E-state index in [1.807, 2.05) is 31.2 Å². The van der Waals surface area contributed by atoms with Gasteiger partial charge in [-0.05, 0) is 24.6 Å². The second-order valence-corrected chi connectivity index (χ2v) is 5.43. The van der Waals surface area contributed by atoms with Crippen molar-refractivity contribution in [2.24, 2.45) is 0 Å². The van der Waals surface area contributed by atoms with E-state index in [-0.39, 0.29) is 11.7 Å². The standard InChI is InChI=1S/C15H14Cl2N2O2/c1-10(11-5-2-3-6-13(11)16)18-9-12-14(17)7-4-8-15(12)19(20)21/h2-8,10,18H,9H2,1H3/t10-/m1/s1. The number of nitrogens with one attached hydrogen (secondary N) is 1. The highest BCUT2D eigenvalue weighted by Crippen LogP contribution is 2.28. The van der Waals surface area contributed by atoms with E-state index in [9.17, 15) is 10.1 Å². The average molecular weight is 325 g/mol. The Kier molecular flexibility index (Phi) is 5.17. The molecule has 0 unspecified atom stereocenters. The van der Waals surface area contributed by atoms with Crippen molar-refractivity contribution in [1.29, 1.82) is 0 Å². The molecule has 2 aromatic rings. The molecule has 0 aliphatic heterocycles. The molecule has 1 N–H and O–H groups in total. The highest BCUT2D eigenvalue weighted by molar-refractivity contribution is 6.31. The third-order valence-electron chi connectivity index (χ3n) is 3.25. The van der Waals surface area contributed by atoms with Crippen molar-refractivity contribution >= 4 is 28.9 Å². The zero-order valence-corrected chi connectivity index (χ0v) is 12.9. The van der Waals surface area contributed by atoms with E-state index in [2.05, 4.69) is 5.32 Å². The highest BCUT2D eigenvalue weighted by atomic mass is 35.5. The maximum absolute atomic E-state index is 11.0. The molecule has 2 rings (SSSR count). The van der Waals surface area contributed by atoms with Crippen LogP contribution in [0.2, 0.25) is 10.0 Å². The summed E-state index contributed by atoms with van der Waals surface area (Å²) >= 11 is 12.2. The second-order valence-electron chi connectivity index (χ2n) is 4.62. The molecule has 0 radical (unpaired) electrons.